The molecule has 0 aliphatic carbocycles. The van der Waals surface area contributed by atoms with Gasteiger partial charge in [-0.2, -0.15) is 0 Å². The van der Waals surface area contributed by atoms with Crippen molar-refractivity contribution in [3.63, 3.8) is 0 Å². The lowest BCUT2D eigenvalue weighted by atomic mass is 10.0. The predicted octanol–water partition coefficient (Wildman–Crippen LogP) is 5.76. The summed E-state index contributed by atoms with van der Waals surface area (Å²) >= 11 is 0. The van der Waals surface area contributed by atoms with Crippen molar-refractivity contribution >= 4 is 23.5 Å². The van der Waals surface area contributed by atoms with Crippen molar-refractivity contribution in [2.75, 3.05) is 0 Å². The number of ketones is 1. The van der Waals surface area contributed by atoms with E-state index in [1.165, 1.54) is 6.07 Å². The maximum absolute atomic E-state index is 11.7. The third-order valence-corrected chi connectivity index (χ3v) is 4.45. The van der Waals surface area contributed by atoms with Crippen LogP contribution in [0.1, 0.15) is 82.6 Å². The number of rotatable bonds is 7. The number of unbranched alkanes of at least 4 members (excludes halogenated alkanes) is 2. The molecule has 2 aromatic rings. The second-order valence-electron chi connectivity index (χ2n) is 6.67. The average Bonchev–Trinajstić information content (AvgIpc) is 3.06. The molecule has 2 aromatic carbocycles. The number of benzene rings is 2. The molecule has 1 heterocycles. The van der Waals surface area contributed by atoms with Gasteiger partial charge in [0, 0.05) is 17.5 Å². The maximum Gasteiger partial charge on any atom is 0.344 e. The topological polar surface area (TPSA) is 80.7 Å². The minimum absolute atomic E-state index is 0.0881. The van der Waals surface area contributed by atoms with Gasteiger partial charge in [0.05, 0.1) is 11.1 Å². The van der Waals surface area contributed by atoms with E-state index in [1.54, 1.807) is 24.3 Å². The summed E-state index contributed by atoms with van der Waals surface area (Å²) in [5.41, 5.74) is 2.01. The summed E-state index contributed by atoms with van der Waals surface area (Å²) < 4.78 is 5.16. The fourth-order valence-corrected chi connectivity index (χ4v) is 2.90. The summed E-state index contributed by atoms with van der Waals surface area (Å²) in [6, 6.07) is 13.8. The largest absolute Gasteiger partial charge is 0.478 e. The highest BCUT2D eigenvalue weighted by molar-refractivity contribution is 6.05. The van der Waals surface area contributed by atoms with E-state index in [-0.39, 0.29) is 17.3 Å². The molecule has 1 N–H and O–H groups in total. The van der Waals surface area contributed by atoms with Gasteiger partial charge in [0.25, 0.3) is 0 Å². The number of esters is 1. The van der Waals surface area contributed by atoms with Crippen LogP contribution in [-0.4, -0.2) is 22.8 Å². The first-order valence-electron chi connectivity index (χ1n) is 9.86. The van der Waals surface area contributed by atoms with Crippen molar-refractivity contribution < 1.29 is 24.2 Å². The Hall–Kier alpha value is -3.21. The zero-order valence-corrected chi connectivity index (χ0v) is 16.8. The van der Waals surface area contributed by atoms with E-state index in [1.807, 2.05) is 31.2 Å². The molecule has 0 bridgehead atoms. The van der Waals surface area contributed by atoms with E-state index in [4.69, 9.17) is 9.84 Å². The summed E-state index contributed by atoms with van der Waals surface area (Å²) in [7, 11) is 0. The number of cyclic esters (lactones) is 1. The first-order valence-corrected chi connectivity index (χ1v) is 9.86. The van der Waals surface area contributed by atoms with Crippen LogP contribution in [0.25, 0.3) is 5.76 Å². The van der Waals surface area contributed by atoms with Crippen molar-refractivity contribution in [2.45, 2.75) is 46.0 Å². The fourth-order valence-electron chi connectivity index (χ4n) is 2.90. The predicted molar refractivity (Wildman–Crippen MR) is 112 cm³/mol. The van der Waals surface area contributed by atoms with Crippen molar-refractivity contribution in [3.05, 3.63) is 76.9 Å². The molecule has 0 saturated heterocycles. The third-order valence-electron chi connectivity index (χ3n) is 4.45. The highest BCUT2D eigenvalue weighted by Crippen LogP contribution is 2.29. The third kappa shape index (κ3) is 5.88. The highest BCUT2D eigenvalue weighted by atomic mass is 16.5. The summed E-state index contributed by atoms with van der Waals surface area (Å²) in [6.07, 6.45) is 6.12. The summed E-state index contributed by atoms with van der Waals surface area (Å²) in [5, 5.41) is 8.89. The molecule has 3 rings (SSSR count). The Kier molecular flexibility index (Phi) is 8.34. The van der Waals surface area contributed by atoms with Crippen LogP contribution in [0.2, 0.25) is 0 Å². The van der Waals surface area contributed by atoms with E-state index in [0.29, 0.717) is 23.3 Å². The van der Waals surface area contributed by atoms with E-state index in [0.717, 1.165) is 31.2 Å². The van der Waals surface area contributed by atoms with Crippen LogP contribution in [-0.2, 0) is 4.74 Å². The number of allylic oxidation sites excluding steroid dienone is 1. The molecule has 5 nitrogen and oxygen atoms in total. The standard InChI is InChI=1S/C12H14O3.C12H12O2/c1-2-3-8-11(13)9-6-4-5-7-10(9)12(14)15;1-2-3-8-11-9-6-4-5-7-10(9)12(13)14-11/h4-7H,2-3,8H2,1H3,(H,14,15);4-8H,2-3H2,1H3/b;11-8-. The Morgan fingerprint density at radius 3 is 2.17 bits per heavy atom. The van der Waals surface area contributed by atoms with E-state index >= 15 is 0 Å². The van der Waals surface area contributed by atoms with Crippen molar-refractivity contribution in [1.82, 2.24) is 0 Å². The molecule has 0 amide bonds. The molecule has 0 saturated carbocycles. The van der Waals surface area contributed by atoms with E-state index < -0.39 is 5.97 Å². The van der Waals surface area contributed by atoms with Gasteiger partial charge in [-0.1, -0.05) is 63.1 Å². The van der Waals surface area contributed by atoms with Gasteiger partial charge in [0.15, 0.2) is 5.78 Å². The zero-order chi connectivity index (χ0) is 21.2. The van der Waals surface area contributed by atoms with Gasteiger partial charge in [0.2, 0.25) is 0 Å². The zero-order valence-electron chi connectivity index (χ0n) is 16.8. The van der Waals surface area contributed by atoms with Crippen molar-refractivity contribution in [3.8, 4) is 0 Å². The van der Waals surface area contributed by atoms with Crippen LogP contribution < -0.4 is 0 Å². The lowest BCUT2D eigenvalue weighted by Crippen LogP contribution is -2.08. The average molecular weight is 394 g/mol. The fraction of sp³-hybridized carbons (Fsp3) is 0.292. The summed E-state index contributed by atoms with van der Waals surface area (Å²) in [6.45, 7) is 4.09. The lowest BCUT2D eigenvalue weighted by molar-refractivity contribution is 0.0688. The first-order chi connectivity index (χ1) is 14.0. The lowest BCUT2D eigenvalue weighted by Gasteiger charge is -2.03. The number of carboxylic acids is 1. The van der Waals surface area contributed by atoms with E-state index in [2.05, 4.69) is 6.92 Å². The number of ether oxygens (including phenoxy) is 1. The number of fused-ring (bicyclic) bond motifs is 1. The van der Waals surface area contributed by atoms with Gasteiger partial charge in [-0.25, -0.2) is 9.59 Å². The number of Topliss-reactive ketones (excluding diaryl/α,β-unsaturated/α-hetero) is 1. The van der Waals surface area contributed by atoms with Crippen molar-refractivity contribution in [2.24, 2.45) is 0 Å². The SMILES string of the molecule is CCC/C=C1\OC(=O)c2ccccc21.CCCCC(=O)c1ccccc1C(=O)O. The number of hydrogen-bond acceptors (Lipinski definition) is 4. The first kappa shape index (κ1) is 22.1. The van der Waals surface area contributed by atoms with Crippen LogP contribution in [0.3, 0.4) is 0 Å². The minimum atomic E-state index is -1.05. The molecule has 0 spiro atoms. The Morgan fingerprint density at radius 1 is 0.931 bits per heavy atom. The quantitative estimate of drug-likeness (QED) is 0.477. The minimum Gasteiger partial charge on any atom is -0.478 e. The van der Waals surface area contributed by atoms with Gasteiger partial charge in [-0.3, -0.25) is 4.79 Å². The number of carboxylic acid groups (broad SMARTS) is 1. The van der Waals surface area contributed by atoms with Gasteiger partial charge < -0.3 is 9.84 Å². The molecular formula is C24H26O5. The normalized spacial score (nSPS) is 13.3. The Bertz CT molecular complexity index is 911. The van der Waals surface area contributed by atoms with Crippen LogP contribution in [0.4, 0.5) is 0 Å². The molecule has 0 radical (unpaired) electrons. The molecule has 1 aliphatic rings. The second kappa shape index (κ2) is 11.0. The smallest absolute Gasteiger partial charge is 0.344 e. The van der Waals surface area contributed by atoms with Crippen LogP contribution in [0.15, 0.2) is 54.6 Å². The molecule has 0 aromatic heterocycles. The van der Waals surface area contributed by atoms with Crippen LogP contribution in [0, 0.1) is 0 Å². The molecule has 0 unspecified atom stereocenters. The van der Waals surface area contributed by atoms with Crippen molar-refractivity contribution in [1.29, 1.82) is 0 Å². The molecule has 0 atom stereocenters. The molecule has 1 aliphatic heterocycles. The van der Waals surface area contributed by atoms with Gasteiger partial charge in [-0.15, -0.1) is 0 Å². The Labute approximate surface area is 171 Å². The van der Waals surface area contributed by atoms with Gasteiger partial charge in [-0.05, 0) is 31.1 Å². The molecule has 5 heteroatoms. The summed E-state index contributed by atoms with van der Waals surface area (Å²) in [5.74, 6) is -0.652. The Morgan fingerprint density at radius 2 is 1.55 bits per heavy atom. The van der Waals surface area contributed by atoms with Gasteiger partial charge >= 0.3 is 11.9 Å². The second-order valence-corrected chi connectivity index (χ2v) is 6.67. The van der Waals surface area contributed by atoms with E-state index in [9.17, 15) is 14.4 Å². The maximum atomic E-state index is 11.7. The highest BCUT2D eigenvalue weighted by Gasteiger charge is 2.24. The number of carbonyl (C=O) groups is 3. The number of hydrogen-bond donors (Lipinski definition) is 1. The Balaban J connectivity index is 0.000000207. The summed E-state index contributed by atoms with van der Waals surface area (Å²) in [4.78, 5) is 33.9. The van der Waals surface area contributed by atoms with Crippen LogP contribution >= 0.6 is 0 Å². The molecule has 152 valence electrons. The molecule has 0 fully saturated rings. The monoisotopic (exact) mass is 394 g/mol. The van der Waals surface area contributed by atoms with Crippen LogP contribution in [0.5, 0.6) is 0 Å². The molecular weight excluding hydrogens is 368 g/mol. The van der Waals surface area contributed by atoms with Gasteiger partial charge in [0.1, 0.15) is 5.76 Å². The number of carbonyl (C=O) groups excluding carboxylic acids is 2. The number of aromatic carboxylic acids is 1. The molecule has 29 heavy (non-hydrogen) atoms.